The predicted octanol–water partition coefficient (Wildman–Crippen LogP) is -0.516. The van der Waals surface area contributed by atoms with Crippen molar-refractivity contribution < 1.29 is 9.90 Å². The van der Waals surface area contributed by atoms with Gasteiger partial charge in [-0.1, -0.05) is 0 Å². The van der Waals surface area contributed by atoms with E-state index in [1.54, 1.807) is 28.9 Å². The molecule has 2 rings (SSSR count). The molecule has 1 aromatic heterocycles. The summed E-state index contributed by atoms with van der Waals surface area (Å²) in [6.45, 7) is 1.45. The standard InChI is InChI=1S/C9H13N3O2/c1-11-3-2-8(10-11)9(14)12-4-7(5-12)6-13/h2-3,7,13H,4-6H2,1H3. The van der Waals surface area contributed by atoms with Crippen molar-refractivity contribution >= 4 is 5.91 Å². The van der Waals surface area contributed by atoms with Gasteiger partial charge in [-0.15, -0.1) is 0 Å². The van der Waals surface area contributed by atoms with Crippen LogP contribution in [0.5, 0.6) is 0 Å². The fourth-order valence-electron chi connectivity index (χ4n) is 1.54. The van der Waals surface area contributed by atoms with Gasteiger partial charge in [0, 0.05) is 38.9 Å². The highest BCUT2D eigenvalue weighted by atomic mass is 16.3. The first-order valence-electron chi connectivity index (χ1n) is 4.60. The Morgan fingerprint density at radius 1 is 1.71 bits per heavy atom. The topological polar surface area (TPSA) is 58.4 Å². The van der Waals surface area contributed by atoms with Crippen LogP contribution >= 0.6 is 0 Å². The van der Waals surface area contributed by atoms with E-state index in [1.165, 1.54) is 0 Å². The molecule has 1 saturated heterocycles. The molecule has 5 nitrogen and oxygen atoms in total. The van der Waals surface area contributed by atoms with Crippen molar-refractivity contribution in [2.75, 3.05) is 19.7 Å². The van der Waals surface area contributed by atoms with Gasteiger partial charge in [-0.2, -0.15) is 5.10 Å². The average Bonchev–Trinajstić information content (AvgIpc) is 2.49. The van der Waals surface area contributed by atoms with Crippen LogP contribution in [0.2, 0.25) is 0 Å². The number of carbonyl (C=O) groups excluding carboxylic acids is 1. The molecule has 5 heteroatoms. The van der Waals surface area contributed by atoms with Crippen molar-refractivity contribution in [3.63, 3.8) is 0 Å². The molecule has 0 radical (unpaired) electrons. The normalized spacial score (nSPS) is 16.9. The van der Waals surface area contributed by atoms with Gasteiger partial charge in [0.05, 0.1) is 0 Å². The molecule has 1 amide bonds. The highest BCUT2D eigenvalue weighted by molar-refractivity contribution is 5.92. The minimum absolute atomic E-state index is 0.0460. The number of aliphatic hydroxyl groups is 1. The third-order valence-corrected chi connectivity index (χ3v) is 2.44. The van der Waals surface area contributed by atoms with Crippen LogP contribution in [0.15, 0.2) is 12.3 Å². The maximum Gasteiger partial charge on any atom is 0.274 e. The van der Waals surface area contributed by atoms with E-state index in [0.717, 1.165) is 0 Å². The monoisotopic (exact) mass is 195 g/mol. The number of likely N-dealkylation sites (tertiary alicyclic amines) is 1. The van der Waals surface area contributed by atoms with E-state index in [1.807, 2.05) is 0 Å². The summed E-state index contributed by atoms with van der Waals surface area (Å²) in [6, 6.07) is 1.70. The molecule has 0 aliphatic carbocycles. The number of nitrogens with zero attached hydrogens (tertiary/aromatic N) is 3. The second-order valence-corrected chi connectivity index (χ2v) is 3.63. The van der Waals surface area contributed by atoms with Crippen LogP contribution in [0.1, 0.15) is 10.5 Å². The lowest BCUT2D eigenvalue weighted by atomic mass is 10.0. The number of aliphatic hydroxyl groups excluding tert-OH is 1. The lowest BCUT2D eigenvalue weighted by Gasteiger charge is -2.37. The van der Waals surface area contributed by atoms with Crippen LogP contribution in [-0.2, 0) is 7.05 Å². The van der Waals surface area contributed by atoms with Crippen molar-refractivity contribution in [3.8, 4) is 0 Å². The Hall–Kier alpha value is -1.36. The van der Waals surface area contributed by atoms with Gasteiger partial charge in [-0.3, -0.25) is 9.48 Å². The predicted molar refractivity (Wildman–Crippen MR) is 49.7 cm³/mol. The lowest BCUT2D eigenvalue weighted by Crippen LogP contribution is -2.51. The molecule has 0 bridgehead atoms. The molecule has 0 aromatic carbocycles. The molecule has 76 valence electrons. The van der Waals surface area contributed by atoms with E-state index >= 15 is 0 Å². The Bertz CT molecular complexity index is 342. The van der Waals surface area contributed by atoms with Crippen LogP contribution in [-0.4, -0.2) is 45.4 Å². The van der Waals surface area contributed by atoms with Gasteiger partial charge in [0.15, 0.2) is 0 Å². The first-order valence-corrected chi connectivity index (χ1v) is 4.60. The average molecular weight is 195 g/mol. The van der Waals surface area contributed by atoms with Crippen LogP contribution in [0.3, 0.4) is 0 Å². The van der Waals surface area contributed by atoms with Crippen LogP contribution in [0.25, 0.3) is 0 Å². The molecule has 0 spiro atoms. The van der Waals surface area contributed by atoms with Crippen molar-refractivity contribution in [3.05, 3.63) is 18.0 Å². The highest BCUT2D eigenvalue weighted by Crippen LogP contribution is 2.16. The first kappa shape index (κ1) is 9.21. The fraction of sp³-hybridized carbons (Fsp3) is 0.556. The van der Waals surface area contributed by atoms with Gasteiger partial charge in [-0.25, -0.2) is 0 Å². The number of carbonyl (C=O) groups is 1. The highest BCUT2D eigenvalue weighted by Gasteiger charge is 2.31. The molecule has 1 aliphatic rings. The Morgan fingerprint density at radius 2 is 2.43 bits per heavy atom. The number of amides is 1. The second-order valence-electron chi connectivity index (χ2n) is 3.63. The molecule has 14 heavy (non-hydrogen) atoms. The molecule has 0 saturated carbocycles. The molecule has 1 N–H and O–H groups in total. The summed E-state index contributed by atoms with van der Waals surface area (Å²) in [5, 5.41) is 12.8. The lowest BCUT2D eigenvalue weighted by molar-refractivity contribution is 0.0356. The zero-order chi connectivity index (χ0) is 10.1. The third-order valence-electron chi connectivity index (χ3n) is 2.44. The summed E-state index contributed by atoms with van der Waals surface area (Å²) in [6.07, 6.45) is 1.75. The smallest absolute Gasteiger partial charge is 0.274 e. The molecule has 2 heterocycles. The Morgan fingerprint density at radius 3 is 2.93 bits per heavy atom. The second kappa shape index (κ2) is 3.42. The summed E-state index contributed by atoms with van der Waals surface area (Å²) in [7, 11) is 1.78. The minimum Gasteiger partial charge on any atom is -0.396 e. The summed E-state index contributed by atoms with van der Waals surface area (Å²) in [4.78, 5) is 13.4. The fourth-order valence-corrected chi connectivity index (χ4v) is 1.54. The molecule has 1 aliphatic heterocycles. The van der Waals surface area contributed by atoms with Crippen LogP contribution in [0, 0.1) is 5.92 Å². The van der Waals surface area contributed by atoms with E-state index in [2.05, 4.69) is 5.10 Å². The van der Waals surface area contributed by atoms with E-state index in [0.29, 0.717) is 18.8 Å². The first-order chi connectivity index (χ1) is 6.70. The van der Waals surface area contributed by atoms with Gasteiger partial charge >= 0.3 is 0 Å². The van der Waals surface area contributed by atoms with E-state index in [9.17, 15) is 4.79 Å². The van der Waals surface area contributed by atoms with Gasteiger partial charge < -0.3 is 10.0 Å². The van der Waals surface area contributed by atoms with Crippen molar-refractivity contribution in [2.45, 2.75) is 0 Å². The van der Waals surface area contributed by atoms with Crippen molar-refractivity contribution in [1.29, 1.82) is 0 Å². The van der Waals surface area contributed by atoms with Crippen LogP contribution < -0.4 is 0 Å². The number of aromatic nitrogens is 2. The zero-order valence-electron chi connectivity index (χ0n) is 8.05. The summed E-state index contributed by atoms with van der Waals surface area (Å²) in [5.41, 5.74) is 0.476. The Balaban J connectivity index is 1.97. The third kappa shape index (κ3) is 1.50. The van der Waals surface area contributed by atoms with Gasteiger partial charge in [0.2, 0.25) is 0 Å². The SMILES string of the molecule is Cn1ccc(C(=O)N2CC(CO)C2)n1. The minimum atomic E-state index is -0.0460. The molecule has 0 unspecified atom stereocenters. The van der Waals surface area contributed by atoms with E-state index in [4.69, 9.17) is 5.11 Å². The number of hydrogen-bond acceptors (Lipinski definition) is 3. The summed E-state index contributed by atoms with van der Waals surface area (Å²) >= 11 is 0. The zero-order valence-corrected chi connectivity index (χ0v) is 8.05. The summed E-state index contributed by atoms with van der Waals surface area (Å²) < 4.78 is 1.61. The Labute approximate surface area is 81.9 Å². The number of aryl methyl sites for hydroxylation is 1. The van der Waals surface area contributed by atoms with E-state index < -0.39 is 0 Å². The molecular formula is C9H13N3O2. The molecular weight excluding hydrogens is 182 g/mol. The maximum absolute atomic E-state index is 11.7. The molecule has 1 fully saturated rings. The molecule has 0 atom stereocenters. The summed E-state index contributed by atoms with van der Waals surface area (Å²) in [5.74, 6) is 0.206. The van der Waals surface area contributed by atoms with Crippen molar-refractivity contribution in [1.82, 2.24) is 14.7 Å². The molecule has 1 aromatic rings. The maximum atomic E-state index is 11.7. The van der Waals surface area contributed by atoms with E-state index in [-0.39, 0.29) is 18.4 Å². The van der Waals surface area contributed by atoms with Gasteiger partial charge in [0.1, 0.15) is 5.69 Å². The van der Waals surface area contributed by atoms with Crippen LogP contribution in [0.4, 0.5) is 0 Å². The van der Waals surface area contributed by atoms with Gasteiger partial charge in [0.25, 0.3) is 5.91 Å². The Kier molecular flexibility index (Phi) is 2.25. The van der Waals surface area contributed by atoms with Crippen molar-refractivity contribution in [2.24, 2.45) is 13.0 Å². The largest absolute Gasteiger partial charge is 0.396 e. The quantitative estimate of drug-likeness (QED) is 0.691. The van der Waals surface area contributed by atoms with Gasteiger partial charge in [-0.05, 0) is 6.07 Å². The number of rotatable bonds is 2. The number of hydrogen-bond donors (Lipinski definition) is 1.